The van der Waals surface area contributed by atoms with Gasteiger partial charge in [-0.2, -0.15) is 0 Å². The van der Waals surface area contributed by atoms with Crippen LogP contribution in [-0.2, 0) is 24.4 Å². The van der Waals surface area contributed by atoms with E-state index in [-0.39, 0.29) is 5.56 Å². The fourth-order valence-corrected chi connectivity index (χ4v) is 5.70. The van der Waals surface area contributed by atoms with Crippen LogP contribution in [0.5, 0.6) is 0 Å². The molecule has 0 spiro atoms. The molecule has 2 aromatic rings. The third kappa shape index (κ3) is 4.36. The van der Waals surface area contributed by atoms with Crippen molar-refractivity contribution in [2.24, 2.45) is 5.92 Å². The number of likely N-dealkylation sites (tertiary alicyclic amines) is 2. The summed E-state index contributed by atoms with van der Waals surface area (Å²) in [4.78, 5) is 34.0. The first-order chi connectivity index (χ1) is 15.6. The van der Waals surface area contributed by atoms with Crippen LogP contribution in [0, 0.1) is 5.92 Å². The van der Waals surface area contributed by atoms with Crippen LogP contribution in [0.4, 0.5) is 0 Å². The lowest BCUT2D eigenvalue weighted by Crippen LogP contribution is -2.47. The molecular weight excluding hydrogens is 404 g/mol. The maximum absolute atomic E-state index is 13.3. The number of esters is 1. The van der Waals surface area contributed by atoms with Gasteiger partial charge in [-0.1, -0.05) is 18.6 Å². The van der Waals surface area contributed by atoms with Crippen molar-refractivity contribution in [3.05, 3.63) is 63.3 Å². The Balaban J connectivity index is 1.28. The van der Waals surface area contributed by atoms with Crippen LogP contribution < -0.4 is 5.56 Å². The third-order valence-corrected chi connectivity index (χ3v) is 7.23. The molecular formula is C25H32N4O3. The summed E-state index contributed by atoms with van der Waals surface area (Å²) in [5.41, 5.74) is 3.79. The van der Waals surface area contributed by atoms with E-state index in [1.807, 2.05) is 6.07 Å². The van der Waals surface area contributed by atoms with E-state index in [0.717, 1.165) is 63.4 Å². The van der Waals surface area contributed by atoms with Crippen molar-refractivity contribution in [3.63, 3.8) is 0 Å². The maximum Gasteiger partial charge on any atom is 0.356 e. The molecule has 5 heterocycles. The van der Waals surface area contributed by atoms with Crippen LogP contribution >= 0.6 is 0 Å². The van der Waals surface area contributed by atoms with Crippen LogP contribution in [0.1, 0.15) is 58.9 Å². The third-order valence-electron chi connectivity index (χ3n) is 7.23. The number of methoxy groups -OCH3 is 1. The number of piperidine rings is 2. The number of ether oxygens (including phenoxy) is 1. The predicted molar refractivity (Wildman–Crippen MR) is 122 cm³/mol. The molecule has 5 rings (SSSR count). The highest BCUT2D eigenvalue weighted by atomic mass is 16.5. The van der Waals surface area contributed by atoms with Gasteiger partial charge in [0.15, 0.2) is 0 Å². The van der Waals surface area contributed by atoms with Gasteiger partial charge in [0.25, 0.3) is 5.56 Å². The van der Waals surface area contributed by atoms with Gasteiger partial charge in [0.05, 0.1) is 7.11 Å². The zero-order chi connectivity index (χ0) is 22.1. The first-order valence-electron chi connectivity index (χ1n) is 11.8. The molecule has 2 bridgehead atoms. The highest BCUT2D eigenvalue weighted by molar-refractivity contribution is 5.86. The molecule has 7 nitrogen and oxygen atoms in total. The summed E-state index contributed by atoms with van der Waals surface area (Å²) < 4.78 is 6.80. The van der Waals surface area contributed by atoms with Gasteiger partial charge in [0.2, 0.25) is 0 Å². The first-order valence-corrected chi connectivity index (χ1v) is 11.8. The Hall–Kier alpha value is -2.51. The Labute approximate surface area is 189 Å². The van der Waals surface area contributed by atoms with Gasteiger partial charge in [-0.3, -0.25) is 14.6 Å². The molecule has 2 aromatic heterocycles. The van der Waals surface area contributed by atoms with E-state index in [1.165, 1.54) is 32.1 Å². The molecule has 0 amide bonds. The minimum absolute atomic E-state index is 0.221. The summed E-state index contributed by atoms with van der Waals surface area (Å²) in [5, 5.41) is 0. The molecule has 0 aromatic carbocycles. The van der Waals surface area contributed by atoms with Crippen LogP contribution in [-0.4, -0.2) is 58.6 Å². The summed E-state index contributed by atoms with van der Waals surface area (Å²) >= 11 is 0. The Morgan fingerprint density at radius 2 is 1.88 bits per heavy atom. The van der Waals surface area contributed by atoms with Crippen molar-refractivity contribution in [3.8, 4) is 0 Å². The monoisotopic (exact) mass is 436 g/mol. The Bertz CT molecular complexity index is 1030. The largest absolute Gasteiger partial charge is 0.464 e. The second-order valence-electron chi connectivity index (χ2n) is 9.57. The van der Waals surface area contributed by atoms with Gasteiger partial charge in [-0.05, 0) is 56.0 Å². The van der Waals surface area contributed by atoms with Crippen LogP contribution in [0.3, 0.4) is 0 Å². The number of rotatable bonds is 5. The molecule has 0 radical (unpaired) electrons. The fraction of sp³-hybridized carbons (Fsp3) is 0.560. The normalized spacial score (nSPS) is 23.5. The lowest BCUT2D eigenvalue weighted by Gasteiger charge is -2.43. The fourth-order valence-electron chi connectivity index (χ4n) is 5.70. The Morgan fingerprint density at radius 3 is 2.62 bits per heavy atom. The average Bonchev–Trinajstić information content (AvgIpc) is 2.82. The minimum Gasteiger partial charge on any atom is -0.464 e. The summed E-state index contributed by atoms with van der Waals surface area (Å²) in [6.07, 6.45) is 6.72. The quantitative estimate of drug-likeness (QED) is 0.672. The zero-order valence-corrected chi connectivity index (χ0v) is 18.8. The zero-order valence-electron chi connectivity index (χ0n) is 18.8. The van der Waals surface area contributed by atoms with Crippen molar-refractivity contribution in [2.45, 2.75) is 51.2 Å². The highest BCUT2D eigenvalue weighted by Crippen LogP contribution is 2.35. The predicted octanol–water partition coefficient (Wildman–Crippen LogP) is 2.64. The van der Waals surface area contributed by atoms with E-state index >= 15 is 0 Å². The van der Waals surface area contributed by atoms with Gasteiger partial charge < -0.3 is 9.30 Å². The first kappa shape index (κ1) is 21.3. The second kappa shape index (κ2) is 9.16. The molecule has 2 saturated heterocycles. The molecule has 2 atom stereocenters. The molecule has 32 heavy (non-hydrogen) atoms. The van der Waals surface area contributed by atoms with E-state index in [9.17, 15) is 9.59 Å². The standard InChI is InChI=1S/C25H32N4O3/c1-32-25(31)22-7-5-18(12-26-22)13-28-14-19-11-21(17-28)23-8-6-20(24(30)29(23)15-19)16-27-9-3-2-4-10-27/h5-8,12,19,21H,2-4,9-11,13-17H2,1H3/t19-,21+/m0/s1. The van der Waals surface area contributed by atoms with Crippen molar-refractivity contribution in [2.75, 3.05) is 33.3 Å². The van der Waals surface area contributed by atoms with Gasteiger partial charge in [-0.15, -0.1) is 0 Å². The molecule has 0 N–H and O–H groups in total. The number of hydrogen-bond acceptors (Lipinski definition) is 6. The van der Waals surface area contributed by atoms with E-state index < -0.39 is 5.97 Å². The highest BCUT2D eigenvalue weighted by Gasteiger charge is 2.35. The molecule has 3 aliphatic heterocycles. The molecule has 2 fully saturated rings. The van der Waals surface area contributed by atoms with E-state index in [0.29, 0.717) is 17.5 Å². The van der Waals surface area contributed by atoms with Crippen molar-refractivity contribution in [1.82, 2.24) is 19.4 Å². The molecule has 7 heteroatoms. The number of pyridine rings is 2. The molecule has 0 unspecified atom stereocenters. The second-order valence-corrected chi connectivity index (χ2v) is 9.57. The van der Waals surface area contributed by atoms with E-state index in [1.54, 1.807) is 12.3 Å². The van der Waals surface area contributed by atoms with E-state index in [4.69, 9.17) is 4.74 Å². The Morgan fingerprint density at radius 1 is 1.03 bits per heavy atom. The average molecular weight is 437 g/mol. The summed E-state index contributed by atoms with van der Waals surface area (Å²) in [6, 6.07) is 7.97. The summed E-state index contributed by atoms with van der Waals surface area (Å²) in [7, 11) is 1.37. The number of carbonyl (C=O) groups is 1. The Kier molecular flexibility index (Phi) is 6.11. The van der Waals surface area contributed by atoms with Crippen molar-refractivity contribution in [1.29, 1.82) is 0 Å². The molecule has 170 valence electrons. The molecule has 3 aliphatic rings. The van der Waals surface area contributed by atoms with E-state index in [2.05, 4.69) is 31.5 Å². The van der Waals surface area contributed by atoms with Crippen LogP contribution in [0.25, 0.3) is 0 Å². The van der Waals surface area contributed by atoms with Crippen LogP contribution in [0.2, 0.25) is 0 Å². The van der Waals surface area contributed by atoms with Gasteiger partial charge in [0, 0.05) is 56.1 Å². The van der Waals surface area contributed by atoms with Gasteiger partial charge in [0.1, 0.15) is 5.69 Å². The van der Waals surface area contributed by atoms with Gasteiger partial charge >= 0.3 is 5.97 Å². The number of fused-ring (bicyclic) bond motifs is 4. The smallest absolute Gasteiger partial charge is 0.356 e. The van der Waals surface area contributed by atoms with Crippen molar-refractivity contribution >= 4 is 5.97 Å². The molecule has 0 saturated carbocycles. The SMILES string of the molecule is COC(=O)c1ccc(CN2C[C@@H]3C[C@H](C2)c2ccc(CN4CCCCC4)c(=O)n2C3)cn1. The summed E-state index contributed by atoms with van der Waals surface area (Å²) in [5.74, 6) is 0.471. The lowest BCUT2D eigenvalue weighted by molar-refractivity contribution is 0.0594. The summed E-state index contributed by atoms with van der Waals surface area (Å²) in [6.45, 7) is 6.55. The number of nitrogens with zero attached hydrogens (tertiary/aromatic N) is 4. The number of carbonyl (C=O) groups excluding carboxylic acids is 1. The van der Waals surface area contributed by atoms with Crippen molar-refractivity contribution < 1.29 is 9.53 Å². The molecule has 0 aliphatic carbocycles. The lowest BCUT2D eigenvalue weighted by atomic mass is 9.83. The number of aromatic nitrogens is 2. The maximum atomic E-state index is 13.3. The number of hydrogen-bond donors (Lipinski definition) is 0. The van der Waals surface area contributed by atoms with Gasteiger partial charge in [-0.25, -0.2) is 9.78 Å². The topological polar surface area (TPSA) is 67.7 Å². The minimum atomic E-state index is -0.411. The van der Waals surface area contributed by atoms with Crippen LogP contribution in [0.15, 0.2) is 35.3 Å².